The third kappa shape index (κ3) is 1.48. The van der Waals surface area contributed by atoms with E-state index in [0.717, 1.165) is 0 Å². The summed E-state index contributed by atoms with van der Waals surface area (Å²) >= 11 is 0. The fourth-order valence-electron chi connectivity index (χ4n) is 3.59. The van der Waals surface area contributed by atoms with Gasteiger partial charge in [-0.1, -0.05) is 31.8 Å². The third-order valence-electron chi connectivity index (χ3n) is 4.54. The smallest absolute Gasteiger partial charge is 0.307 e. The molecule has 0 saturated heterocycles. The Bertz CT molecular complexity index is 409. The molecule has 0 heterocycles. The van der Waals surface area contributed by atoms with E-state index in [1.165, 1.54) is 0 Å². The monoisotopic (exact) mass is 254 g/mol. The van der Waals surface area contributed by atoms with E-state index in [1.54, 1.807) is 0 Å². The molecule has 4 atom stereocenters. The van der Waals surface area contributed by atoms with Crippen LogP contribution >= 0.6 is 0 Å². The molecule has 2 aliphatic carbocycles. The van der Waals surface area contributed by atoms with Gasteiger partial charge in [-0.25, -0.2) is 0 Å². The fraction of sp³-hybridized carbons (Fsp3) is 0.667. The second kappa shape index (κ2) is 3.45. The Morgan fingerprint density at radius 3 is 2.24 bits per heavy atom. The standard InChI is InChI=1S/C12H18O4Si/c1-17(2,3)12-5-4-7(6-12)8(10(13)14)9(12)11(15)16/h4-5,7-9H,6H2,1-3H3,(H,13,14)(H,15,16). The zero-order chi connectivity index (χ0) is 13.0. The molecule has 0 spiro atoms. The van der Waals surface area contributed by atoms with E-state index in [2.05, 4.69) is 19.6 Å². The molecule has 4 unspecified atom stereocenters. The van der Waals surface area contributed by atoms with Gasteiger partial charge in [-0.05, 0) is 17.4 Å². The Morgan fingerprint density at radius 2 is 1.82 bits per heavy atom. The lowest BCUT2D eigenvalue weighted by Crippen LogP contribution is -2.46. The van der Waals surface area contributed by atoms with Crippen molar-refractivity contribution in [3.63, 3.8) is 0 Å². The van der Waals surface area contributed by atoms with Crippen LogP contribution in [0.25, 0.3) is 0 Å². The van der Waals surface area contributed by atoms with Crippen molar-refractivity contribution in [1.29, 1.82) is 0 Å². The second-order valence-corrected chi connectivity index (χ2v) is 11.6. The highest BCUT2D eigenvalue weighted by molar-refractivity contribution is 6.80. The van der Waals surface area contributed by atoms with Crippen LogP contribution in [0.3, 0.4) is 0 Å². The van der Waals surface area contributed by atoms with E-state index in [9.17, 15) is 19.8 Å². The van der Waals surface area contributed by atoms with E-state index >= 15 is 0 Å². The lowest BCUT2D eigenvalue weighted by molar-refractivity contribution is -0.154. The van der Waals surface area contributed by atoms with Crippen LogP contribution in [0.4, 0.5) is 0 Å². The Morgan fingerprint density at radius 1 is 1.24 bits per heavy atom. The first-order chi connectivity index (χ1) is 7.71. The fourth-order valence-corrected chi connectivity index (χ4v) is 6.27. The molecule has 4 nitrogen and oxygen atoms in total. The molecule has 2 aliphatic rings. The van der Waals surface area contributed by atoms with Gasteiger partial charge in [0.25, 0.3) is 0 Å². The normalized spacial score (nSPS) is 39.6. The van der Waals surface area contributed by atoms with Gasteiger partial charge in [-0.3, -0.25) is 9.59 Å². The van der Waals surface area contributed by atoms with Crippen molar-refractivity contribution in [2.45, 2.75) is 31.1 Å². The molecule has 2 N–H and O–H groups in total. The van der Waals surface area contributed by atoms with E-state index in [1.807, 2.05) is 12.2 Å². The molecule has 5 heteroatoms. The van der Waals surface area contributed by atoms with Crippen LogP contribution in [-0.4, -0.2) is 30.2 Å². The van der Waals surface area contributed by atoms with Crippen LogP contribution in [0.5, 0.6) is 0 Å². The van der Waals surface area contributed by atoms with Crippen molar-refractivity contribution in [2.75, 3.05) is 0 Å². The van der Waals surface area contributed by atoms with Crippen LogP contribution in [0, 0.1) is 17.8 Å². The maximum Gasteiger partial charge on any atom is 0.307 e. The number of hydrogen-bond acceptors (Lipinski definition) is 2. The molecular formula is C12H18O4Si. The highest BCUT2D eigenvalue weighted by atomic mass is 28.3. The molecule has 17 heavy (non-hydrogen) atoms. The number of rotatable bonds is 3. The maximum atomic E-state index is 11.5. The van der Waals surface area contributed by atoms with Crippen LogP contribution < -0.4 is 0 Å². The highest BCUT2D eigenvalue weighted by Gasteiger charge is 2.64. The summed E-state index contributed by atoms with van der Waals surface area (Å²) in [5, 5.41) is 18.3. The number of carbonyl (C=O) groups is 2. The van der Waals surface area contributed by atoms with Crippen molar-refractivity contribution in [3.8, 4) is 0 Å². The number of carboxylic acid groups (broad SMARTS) is 2. The molecule has 2 rings (SSSR count). The van der Waals surface area contributed by atoms with Gasteiger partial charge in [0, 0.05) is 0 Å². The molecular weight excluding hydrogens is 236 g/mol. The van der Waals surface area contributed by atoms with Crippen molar-refractivity contribution < 1.29 is 19.8 Å². The van der Waals surface area contributed by atoms with Gasteiger partial charge >= 0.3 is 11.9 Å². The molecule has 94 valence electrons. The van der Waals surface area contributed by atoms with Gasteiger partial charge in [-0.15, -0.1) is 0 Å². The van der Waals surface area contributed by atoms with Crippen molar-refractivity contribution in [3.05, 3.63) is 12.2 Å². The maximum absolute atomic E-state index is 11.5. The summed E-state index contributed by atoms with van der Waals surface area (Å²) in [7, 11) is -1.78. The van der Waals surface area contributed by atoms with Crippen LogP contribution in [-0.2, 0) is 9.59 Å². The molecule has 0 aromatic heterocycles. The number of fused-ring (bicyclic) bond motifs is 2. The van der Waals surface area contributed by atoms with Gasteiger partial charge in [-0.2, -0.15) is 0 Å². The summed E-state index contributed by atoms with van der Waals surface area (Å²) in [6, 6.07) is 0. The topological polar surface area (TPSA) is 74.6 Å². The SMILES string of the molecule is C[Si](C)(C)C12C=CC(C1)C(C(=O)O)C2C(=O)O. The lowest BCUT2D eigenvalue weighted by Gasteiger charge is -2.41. The molecule has 0 amide bonds. The Hall–Kier alpha value is -1.10. The van der Waals surface area contributed by atoms with Gasteiger partial charge in [0.15, 0.2) is 0 Å². The minimum atomic E-state index is -1.78. The van der Waals surface area contributed by atoms with Crippen LogP contribution in [0.2, 0.25) is 24.7 Å². The number of aliphatic carboxylic acids is 2. The molecule has 0 aliphatic heterocycles. The predicted octanol–water partition coefficient (Wildman–Crippen LogP) is 2.06. The second-order valence-electron chi connectivity index (χ2n) is 6.20. The molecule has 0 aromatic rings. The van der Waals surface area contributed by atoms with E-state index in [0.29, 0.717) is 6.42 Å². The summed E-state index contributed by atoms with van der Waals surface area (Å²) in [5.41, 5.74) is 0. The summed E-state index contributed by atoms with van der Waals surface area (Å²) < 4.78 is 0. The first-order valence-electron chi connectivity index (χ1n) is 5.86. The molecule has 0 aromatic carbocycles. The number of hydrogen-bond donors (Lipinski definition) is 2. The van der Waals surface area contributed by atoms with Crippen LogP contribution in [0.1, 0.15) is 6.42 Å². The molecule has 0 radical (unpaired) electrons. The quantitative estimate of drug-likeness (QED) is 0.597. The molecule has 1 fully saturated rings. The van der Waals surface area contributed by atoms with Gasteiger partial charge < -0.3 is 10.2 Å². The summed E-state index contributed by atoms with van der Waals surface area (Å²) in [6.07, 6.45) is 4.63. The summed E-state index contributed by atoms with van der Waals surface area (Å²) in [5.74, 6) is -3.51. The average Bonchev–Trinajstić information content (AvgIpc) is 2.71. The number of carboxylic acids is 2. The van der Waals surface area contributed by atoms with Gasteiger partial charge in [0.1, 0.15) is 0 Å². The van der Waals surface area contributed by atoms with Gasteiger partial charge in [0.05, 0.1) is 19.9 Å². The Labute approximate surface area is 101 Å². The first-order valence-corrected chi connectivity index (χ1v) is 9.36. The summed E-state index contributed by atoms with van der Waals surface area (Å²) in [4.78, 5) is 22.8. The molecule has 2 bridgehead atoms. The largest absolute Gasteiger partial charge is 0.481 e. The minimum absolute atomic E-state index is 0.0969. The lowest BCUT2D eigenvalue weighted by atomic mass is 9.82. The minimum Gasteiger partial charge on any atom is -0.481 e. The first kappa shape index (κ1) is 12.4. The molecule has 1 saturated carbocycles. The number of allylic oxidation sites excluding steroid dienone is 2. The Kier molecular flexibility index (Phi) is 2.50. The van der Waals surface area contributed by atoms with E-state index < -0.39 is 31.8 Å². The highest BCUT2D eigenvalue weighted by Crippen LogP contribution is 2.66. The van der Waals surface area contributed by atoms with Crippen molar-refractivity contribution in [2.24, 2.45) is 17.8 Å². The van der Waals surface area contributed by atoms with Crippen molar-refractivity contribution >= 4 is 20.0 Å². The average molecular weight is 254 g/mol. The zero-order valence-corrected chi connectivity index (χ0v) is 11.3. The van der Waals surface area contributed by atoms with Crippen molar-refractivity contribution in [1.82, 2.24) is 0 Å². The Balaban J connectivity index is 2.52. The van der Waals surface area contributed by atoms with E-state index in [-0.39, 0.29) is 11.0 Å². The third-order valence-corrected chi connectivity index (χ3v) is 8.01. The zero-order valence-electron chi connectivity index (χ0n) is 10.3. The predicted molar refractivity (Wildman–Crippen MR) is 65.5 cm³/mol. The van der Waals surface area contributed by atoms with Crippen LogP contribution in [0.15, 0.2) is 12.2 Å². The summed E-state index contributed by atoms with van der Waals surface area (Å²) in [6.45, 7) is 6.37. The van der Waals surface area contributed by atoms with Gasteiger partial charge in [0.2, 0.25) is 0 Å². The van der Waals surface area contributed by atoms with E-state index in [4.69, 9.17) is 0 Å².